The molecule has 0 radical (unpaired) electrons. The lowest BCUT2D eigenvalue weighted by molar-refractivity contribution is 0.0671. The zero-order valence-electron chi connectivity index (χ0n) is 14.5. The van der Waals surface area contributed by atoms with Crippen molar-refractivity contribution in [3.05, 3.63) is 41.9 Å². The van der Waals surface area contributed by atoms with Crippen molar-refractivity contribution in [2.75, 3.05) is 19.6 Å². The number of hydrogen-bond donors (Lipinski definition) is 2. The third kappa shape index (κ3) is 4.48. The Morgan fingerprint density at radius 3 is 2.81 bits per heavy atom. The topological polar surface area (TPSA) is 119 Å². The molecule has 3 rings (SSSR count). The average Bonchev–Trinajstić information content (AvgIpc) is 3.01. The molecule has 1 atom stereocenters. The first-order valence-electron chi connectivity index (χ1n) is 8.43. The molecule has 2 aromatic rings. The number of hydrogen-bond acceptors (Lipinski definition) is 5. The SMILES string of the molecule is Cc1nc(C(=O)N2CCCC(CNS(N)(=O)=O)C2)c(-c2ccccc2)o1. The molecule has 2 heterocycles. The Bertz CT molecular complexity index is 879. The van der Waals surface area contributed by atoms with Crippen LogP contribution in [-0.2, 0) is 10.2 Å². The van der Waals surface area contributed by atoms with Crippen molar-refractivity contribution in [3.63, 3.8) is 0 Å². The minimum absolute atomic E-state index is 0.0131. The number of nitrogens with one attached hydrogen (secondary N) is 1. The van der Waals surface area contributed by atoms with Gasteiger partial charge in [-0.2, -0.15) is 8.42 Å². The van der Waals surface area contributed by atoms with Gasteiger partial charge in [-0.05, 0) is 18.8 Å². The van der Waals surface area contributed by atoms with Crippen molar-refractivity contribution in [2.24, 2.45) is 11.1 Å². The summed E-state index contributed by atoms with van der Waals surface area (Å²) in [6.45, 7) is 2.97. The summed E-state index contributed by atoms with van der Waals surface area (Å²) < 4.78 is 30.1. The van der Waals surface area contributed by atoms with Crippen LogP contribution in [0, 0.1) is 12.8 Å². The number of carbonyl (C=O) groups is 1. The van der Waals surface area contributed by atoms with E-state index >= 15 is 0 Å². The Morgan fingerprint density at radius 2 is 2.12 bits per heavy atom. The molecule has 0 aliphatic carbocycles. The number of carbonyl (C=O) groups excluding carboxylic acids is 1. The molecule has 1 aliphatic rings. The van der Waals surface area contributed by atoms with Gasteiger partial charge in [0, 0.05) is 32.1 Å². The number of piperidine rings is 1. The maximum atomic E-state index is 13.0. The van der Waals surface area contributed by atoms with Gasteiger partial charge in [0.25, 0.3) is 16.1 Å². The molecular weight excluding hydrogens is 356 g/mol. The van der Waals surface area contributed by atoms with E-state index in [1.807, 2.05) is 30.3 Å². The molecule has 1 unspecified atom stereocenters. The van der Waals surface area contributed by atoms with E-state index in [4.69, 9.17) is 9.56 Å². The van der Waals surface area contributed by atoms with E-state index in [0.717, 1.165) is 18.4 Å². The maximum Gasteiger partial charge on any atom is 0.276 e. The summed E-state index contributed by atoms with van der Waals surface area (Å²) in [6, 6.07) is 9.37. The van der Waals surface area contributed by atoms with E-state index < -0.39 is 10.2 Å². The highest BCUT2D eigenvalue weighted by atomic mass is 32.2. The maximum absolute atomic E-state index is 13.0. The molecule has 8 nitrogen and oxygen atoms in total. The molecular formula is C17H22N4O4S. The van der Waals surface area contributed by atoms with Crippen molar-refractivity contribution in [1.82, 2.24) is 14.6 Å². The van der Waals surface area contributed by atoms with E-state index in [9.17, 15) is 13.2 Å². The zero-order valence-corrected chi connectivity index (χ0v) is 15.3. The number of aryl methyl sites for hydroxylation is 1. The van der Waals surface area contributed by atoms with Gasteiger partial charge in [0.2, 0.25) is 0 Å². The van der Waals surface area contributed by atoms with Gasteiger partial charge in [-0.15, -0.1) is 0 Å². The largest absolute Gasteiger partial charge is 0.440 e. The van der Waals surface area contributed by atoms with Crippen LogP contribution in [0.4, 0.5) is 0 Å². The number of amides is 1. The third-order valence-electron chi connectivity index (χ3n) is 4.35. The minimum atomic E-state index is -3.73. The van der Waals surface area contributed by atoms with E-state index in [1.54, 1.807) is 11.8 Å². The lowest BCUT2D eigenvalue weighted by Crippen LogP contribution is -2.44. The fourth-order valence-electron chi connectivity index (χ4n) is 3.16. The minimum Gasteiger partial charge on any atom is -0.440 e. The van der Waals surface area contributed by atoms with Crippen molar-refractivity contribution in [2.45, 2.75) is 19.8 Å². The zero-order chi connectivity index (χ0) is 18.7. The Labute approximate surface area is 152 Å². The Balaban J connectivity index is 1.77. The van der Waals surface area contributed by atoms with Crippen molar-refractivity contribution in [3.8, 4) is 11.3 Å². The van der Waals surface area contributed by atoms with Crippen LogP contribution < -0.4 is 9.86 Å². The molecule has 1 amide bonds. The van der Waals surface area contributed by atoms with E-state index in [2.05, 4.69) is 9.71 Å². The highest BCUT2D eigenvalue weighted by molar-refractivity contribution is 7.87. The number of benzene rings is 1. The summed E-state index contributed by atoms with van der Waals surface area (Å²) in [7, 11) is -3.73. The van der Waals surface area contributed by atoms with Crippen LogP contribution in [-0.4, -0.2) is 43.8 Å². The number of nitrogens with zero attached hydrogens (tertiary/aromatic N) is 2. The molecule has 1 fully saturated rings. The molecule has 0 spiro atoms. The monoisotopic (exact) mass is 378 g/mol. The second-order valence-corrected chi connectivity index (χ2v) is 7.81. The van der Waals surface area contributed by atoms with Gasteiger partial charge < -0.3 is 9.32 Å². The van der Waals surface area contributed by atoms with Crippen LogP contribution in [0.5, 0.6) is 0 Å². The van der Waals surface area contributed by atoms with Crippen LogP contribution in [0.3, 0.4) is 0 Å². The molecule has 1 saturated heterocycles. The first-order chi connectivity index (χ1) is 12.3. The first kappa shape index (κ1) is 18.6. The van der Waals surface area contributed by atoms with Crippen molar-refractivity contribution < 1.29 is 17.6 Å². The van der Waals surface area contributed by atoms with Gasteiger partial charge in [-0.1, -0.05) is 30.3 Å². The van der Waals surface area contributed by atoms with E-state index in [1.165, 1.54) is 0 Å². The second kappa shape index (κ2) is 7.56. The van der Waals surface area contributed by atoms with Crippen molar-refractivity contribution >= 4 is 16.1 Å². The third-order valence-corrected chi connectivity index (χ3v) is 4.92. The van der Waals surface area contributed by atoms with E-state index in [-0.39, 0.29) is 24.1 Å². The number of nitrogens with two attached hydrogens (primary N) is 1. The quantitative estimate of drug-likeness (QED) is 0.813. The van der Waals surface area contributed by atoms with Crippen LogP contribution in [0.15, 0.2) is 34.7 Å². The molecule has 1 aromatic heterocycles. The lowest BCUT2D eigenvalue weighted by atomic mass is 9.98. The Morgan fingerprint density at radius 1 is 1.38 bits per heavy atom. The fraction of sp³-hybridized carbons (Fsp3) is 0.412. The Hall–Kier alpha value is -2.23. The predicted molar refractivity (Wildman–Crippen MR) is 96.4 cm³/mol. The molecule has 0 bridgehead atoms. The summed E-state index contributed by atoms with van der Waals surface area (Å²) in [5, 5.41) is 4.98. The second-order valence-electron chi connectivity index (χ2n) is 6.43. The van der Waals surface area contributed by atoms with Crippen LogP contribution in [0.2, 0.25) is 0 Å². The standard InChI is InChI=1S/C17H22N4O4S/c1-12-20-15(16(25-12)14-7-3-2-4-8-14)17(22)21-9-5-6-13(11-21)10-19-26(18,23)24/h2-4,7-8,13,19H,5-6,9-11H2,1H3,(H2,18,23,24). The Kier molecular flexibility index (Phi) is 5.40. The molecule has 26 heavy (non-hydrogen) atoms. The predicted octanol–water partition coefficient (Wildman–Crippen LogP) is 1.30. The molecule has 9 heteroatoms. The molecule has 140 valence electrons. The summed E-state index contributed by atoms with van der Waals surface area (Å²) in [5.74, 6) is 0.690. The summed E-state index contributed by atoms with van der Waals surface area (Å²) in [6.07, 6.45) is 1.62. The number of likely N-dealkylation sites (tertiary alicyclic amines) is 1. The highest BCUT2D eigenvalue weighted by Crippen LogP contribution is 2.27. The van der Waals surface area contributed by atoms with Gasteiger partial charge in [-0.3, -0.25) is 4.79 Å². The van der Waals surface area contributed by atoms with Crippen molar-refractivity contribution in [1.29, 1.82) is 0 Å². The fourth-order valence-corrected chi connectivity index (χ4v) is 3.63. The molecule has 0 saturated carbocycles. The summed E-state index contributed by atoms with van der Waals surface area (Å²) >= 11 is 0. The number of rotatable bonds is 5. The molecule has 3 N–H and O–H groups in total. The normalized spacial score (nSPS) is 18.1. The highest BCUT2D eigenvalue weighted by Gasteiger charge is 2.29. The molecule has 1 aliphatic heterocycles. The van der Waals surface area contributed by atoms with Gasteiger partial charge in [0.1, 0.15) is 0 Å². The summed E-state index contributed by atoms with van der Waals surface area (Å²) in [5.41, 5.74) is 1.08. The van der Waals surface area contributed by atoms with Gasteiger partial charge in [0.15, 0.2) is 17.3 Å². The first-order valence-corrected chi connectivity index (χ1v) is 9.97. The number of aromatic nitrogens is 1. The van der Waals surface area contributed by atoms with Crippen LogP contribution in [0.1, 0.15) is 29.2 Å². The number of oxazole rings is 1. The smallest absolute Gasteiger partial charge is 0.276 e. The molecule has 1 aromatic carbocycles. The lowest BCUT2D eigenvalue weighted by Gasteiger charge is -2.32. The van der Waals surface area contributed by atoms with E-state index in [0.29, 0.717) is 24.7 Å². The van der Waals surface area contributed by atoms with Gasteiger partial charge in [-0.25, -0.2) is 14.8 Å². The average molecular weight is 378 g/mol. The summed E-state index contributed by atoms with van der Waals surface area (Å²) in [4.78, 5) is 19.0. The van der Waals surface area contributed by atoms with Crippen LogP contribution >= 0.6 is 0 Å². The van der Waals surface area contributed by atoms with Crippen LogP contribution in [0.25, 0.3) is 11.3 Å². The van der Waals surface area contributed by atoms with Gasteiger partial charge in [0.05, 0.1) is 0 Å². The van der Waals surface area contributed by atoms with Gasteiger partial charge >= 0.3 is 0 Å².